The SMILES string of the molecule is CC(C)(C)OC(=O)C(C)(CCBr)C(=O)ON. The smallest absolute Gasteiger partial charge is 0.341 e. The highest BCUT2D eigenvalue weighted by molar-refractivity contribution is 9.09. The van der Waals surface area contributed by atoms with E-state index in [1.165, 1.54) is 6.92 Å². The molecular formula is C10H18BrNO4. The molecule has 0 saturated heterocycles. The number of carbonyl (C=O) groups excluding carboxylic acids is 2. The standard InChI is InChI=1S/C10H18BrNO4/c1-9(2,3)15-7(13)10(4,5-6-11)8(14)16-12/h5-6,12H2,1-4H3. The van der Waals surface area contributed by atoms with E-state index in [1.54, 1.807) is 20.8 Å². The first-order chi connectivity index (χ1) is 7.17. The van der Waals surface area contributed by atoms with Crippen molar-refractivity contribution in [2.75, 3.05) is 5.33 Å². The van der Waals surface area contributed by atoms with Gasteiger partial charge in [-0.2, -0.15) is 5.90 Å². The van der Waals surface area contributed by atoms with Crippen molar-refractivity contribution < 1.29 is 19.2 Å². The number of hydrogen-bond acceptors (Lipinski definition) is 5. The molecule has 0 amide bonds. The Balaban J connectivity index is 4.91. The molecule has 0 fully saturated rings. The van der Waals surface area contributed by atoms with Crippen LogP contribution < -0.4 is 5.90 Å². The molecule has 0 spiro atoms. The molecule has 0 aliphatic heterocycles. The fourth-order valence-corrected chi connectivity index (χ4v) is 1.79. The predicted octanol–water partition coefficient (Wildman–Crippen LogP) is 1.54. The molecule has 0 heterocycles. The third-order valence-corrected chi connectivity index (χ3v) is 2.40. The lowest BCUT2D eigenvalue weighted by atomic mass is 9.87. The van der Waals surface area contributed by atoms with Crippen molar-refractivity contribution in [2.45, 2.75) is 39.7 Å². The summed E-state index contributed by atoms with van der Waals surface area (Å²) in [5.41, 5.74) is -2.02. The summed E-state index contributed by atoms with van der Waals surface area (Å²) in [6, 6.07) is 0. The quantitative estimate of drug-likeness (QED) is 0.368. The molecule has 0 bridgehead atoms. The van der Waals surface area contributed by atoms with Crippen molar-refractivity contribution >= 4 is 27.9 Å². The van der Waals surface area contributed by atoms with Crippen LogP contribution in [0.1, 0.15) is 34.1 Å². The van der Waals surface area contributed by atoms with E-state index in [1.807, 2.05) is 0 Å². The molecule has 5 nitrogen and oxygen atoms in total. The maximum Gasteiger partial charge on any atom is 0.341 e. The van der Waals surface area contributed by atoms with Crippen molar-refractivity contribution in [1.29, 1.82) is 0 Å². The number of hydrogen-bond donors (Lipinski definition) is 1. The molecule has 0 aliphatic rings. The van der Waals surface area contributed by atoms with Crippen LogP contribution in [0.4, 0.5) is 0 Å². The van der Waals surface area contributed by atoms with E-state index < -0.39 is 23.0 Å². The first-order valence-corrected chi connectivity index (χ1v) is 6.00. The number of rotatable bonds is 4. The minimum Gasteiger partial charge on any atom is -0.459 e. The van der Waals surface area contributed by atoms with Gasteiger partial charge < -0.3 is 9.57 Å². The second-order valence-corrected chi connectivity index (χ2v) is 5.47. The van der Waals surface area contributed by atoms with Crippen molar-refractivity contribution in [1.82, 2.24) is 0 Å². The number of carbonyl (C=O) groups is 2. The zero-order chi connectivity index (χ0) is 13.0. The summed E-state index contributed by atoms with van der Waals surface area (Å²) < 4.78 is 5.16. The second kappa shape index (κ2) is 5.63. The molecule has 6 heteroatoms. The van der Waals surface area contributed by atoms with Gasteiger partial charge in [0.25, 0.3) is 0 Å². The highest BCUT2D eigenvalue weighted by Gasteiger charge is 2.45. The first-order valence-electron chi connectivity index (χ1n) is 4.88. The normalized spacial score (nSPS) is 15.1. The molecule has 0 aromatic rings. The zero-order valence-electron chi connectivity index (χ0n) is 10.0. The summed E-state index contributed by atoms with van der Waals surface area (Å²) in [7, 11) is 0. The van der Waals surface area contributed by atoms with Gasteiger partial charge in [-0.1, -0.05) is 15.9 Å². The summed E-state index contributed by atoms with van der Waals surface area (Å²) in [6.07, 6.45) is 0.262. The van der Waals surface area contributed by atoms with E-state index in [4.69, 9.17) is 10.6 Å². The van der Waals surface area contributed by atoms with Crippen LogP contribution in [0.2, 0.25) is 0 Å². The van der Waals surface area contributed by atoms with Crippen LogP contribution >= 0.6 is 15.9 Å². The summed E-state index contributed by atoms with van der Waals surface area (Å²) >= 11 is 3.17. The van der Waals surface area contributed by atoms with E-state index in [9.17, 15) is 9.59 Å². The Bertz CT molecular complexity index is 274. The Hall–Kier alpha value is -0.620. The van der Waals surface area contributed by atoms with Gasteiger partial charge in [0.1, 0.15) is 5.60 Å². The Morgan fingerprint density at radius 1 is 1.19 bits per heavy atom. The monoisotopic (exact) mass is 295 g/mol. The molecule has 0 aliphatic carbocycles. The van der Waals surface area contributed by atoms with Crippen molar-refractivity contribution in [3.63, 3.8) is 0 Å². The van der Waals surface area contributed by atoms with E-state index in [0.29, 0.717) is 5.33 Å². The molecule has 0 rings (SSSR count). The van der Waals surface area contributed by atoms with Crippen LogP contribution in [-0.4, -0.2) is 22.9 Å². The van der Waals surface area contributed by atoms with Crippen LogP contribution in [0.25, 0.3) is 0 Å². The van der Waals surface area contributed by atoms with Gasteiger partial charge >= 0.3 is 11.9 Å². The summed E-state index contributed by atoms with van der Waals surface area (Å²) in [6.45, 7) is 6.64. The lowest BCUT2D eigenvalue weighted by Gasteiger charge is -2.28. The van der Waals surface area contributed by atoms with Gasteiger partial charge in [0, 0.05) is 5.33 Å². The lowest BCUT2D eigenvalue weighted by molar-refractivity contribution is -0.178. The molecule has 16 heavy (non-hydrogen) atoms. The summed E-state index contributed by atoms with van der Waals surface area (Å²) in [5, 5.41) is 0.470. The fraction of sp³-hybridized carbons (Fsp3) is 0.800. The molecule has 2 N–H and O–H groups in total. The number of halogens is 1. The Kier molecular flexibility index (Phi) is 5.41. The molecule has 1 atom stereocenters. The van der Waals surface area contributed by atoms with Gasteiger partial charge in [-0.25, -0.2) is 4.79 Å². The van der Waals surface area contributed by atoms with Crippen molar-refractivity contribution in [2.24, 2.45) is 11.3 Å². The Morgan fingerprint density at radius 2 is 1.69 bits per heavy atom. The average molecular weight is 296 g/mol. The lowest BCUT2D eigenvalue weighted by Crippen LogP contribution is -2.43. The zero-order valence-corrected chi connectivity index (χ0v) is 11.6. The maximum absolute atomic E-state index is 11.9. The van der Waals surface area contributed by atoms with Crippen molar-refractivity contribution in [3.8, 4) is 0 Å². The molecule has 0 aromatic carbocycles. The van der Waals surface area contributed by atoms with E-state index in [2.05, 4.69) is 20.8 Å². The van der Waals surface area contributed by atoms with E-state index in [0.717, 1.165) is 0 Å². The minimum atomic E-state index is -1.37. The number of alkyl halides is 1. The molecule has 0 radical (unpaired) electrons. The maximum atomic E-state index is 11.9. The van der Waals surface area contributed by atoms with Gasteiger partial charge in [-0.3, -0.25) is 4.79 Å². The third kappa shape index (κ3) is 4.09. The van der Waals surface area contributed by atoms with Gasteiger partial charge in [-0.15, -0.1) is 0 Å². The largest absolute Gasteiger partial charge is 0.459 e. The highest BCUT2D eigenvalue weighted by Crippen LogP contribution is 2.28. The summed E-state index contributed by atoms with van der Waals surface area (Å²) in [4.78, 5) is 27.5. The van der Waals surface area contributed by atoms with Gasteiger partial charge in [-0.05, 0) is 34.1 Å². The Morgan fingerprint density at radius 3 is 2.00 bits per heavy atom. The second-order valence-electron chi connectivity index (χ2n) is 4.68. The van der Waals surface area contributed by atoms with Crippen molar-refractivity contribution in [3.05, 3.63) is 0 Å². The van der Waals surface area contributed by atoms with Crippen LogP contribution in [0.15, 0.2) is 0 Å². The van der Waals surface area contributed by atoms with Gasteiger partial charge in [0.2, 0.25) is 0 Å². The fourth-order valence-electron chi connectivity index (χ4n) is 0.997. The average Bonchev–Trinajstić information content (AvgIpc) is 2.14. The van der Waals surface area contributed by atoms with Crippen LogP contribution in [0, 0.1) is 5.41 Å². The number of nitrogens with two attached hydrogens (primary N) is 1. The first kappa shape index (κ1) is 15.4. The highest BCUT2D eigenvalue weighted by atomic mass is 79.9. The predicted molar refractivity (Wildman–Crippen MR) is 62.6 cm³/mol. The van der Waals surface area contributed by atoms with Crippen LogP contribution in [-0.2, 0) is 19.2 Å². The Labute approximate surface area is 104 Å². The van der Waals surface area contributed by atoms with E-state index >= 15 is 0 Å². The van der Waals surface area contributed by atoms with Crippen LogP contribution in [0.5, 0.6) is 0 Å². The molecule has 0 saturated carbocycles. The van der Waals surface area contributed by atoms with Gasteiger partial charge in [0.15, 0.2) is 5.41 Å². The number of esters is 1. The van der Waals surface area contributed by atoms with E-state index in [-0.39, 0.29) is 6.42 Å². The minimum absolute atomic E-state index is 0.262. The van der Waals surface area contributed by atoms with Crippen LogP contribution in [0.3, 0.4) is 0 Å². The number of ether oxygens (including phenoxy) is 1. The molecular weight excluding hydrogens is 278 g/mol. The third-order valence-electron chi connectivity index (χ3n) is 2.00. The molecule has 1 unspecified atom stereocenters. The van der Waals surface area contributed by atoms with Gasteiger partial charge in [0.05, 0.1) is 0 Å². The summed E-state index contributed by atoms with van der Waals surface area (Å²) in [5.74, 6) is 3.40. The molecule has 0 aromatic heterocycles. The molecule has 94 valence electrons. The topological polar surface area (TPSA) is 78.6 Å².